The van der Waals surface area contributed by atoms with Crippen molar-refractivity contribution in [3.8, 4) is 0 Å². The quantitative estimate of drug-likeness (QED) is 0.0856. The summed E-state index contributed by atoms with van der Waals surface area (Å²) in [5.41, 5.74) is 6.18. The van der Waals surface area contributed by atoms with Gasteiger partial charge in [-0.3, -0.25) is 4.79 Å². The van der Waals surface area contributed by atoms with E-state index < -0.39 is 5.60 Å². The summed E-state index contributed by atoms with van der Waals surface area (Å²) in [5.74, 6) is 0.157. The highest BCUT2D eigenvalue weighted by atomic mass is 16.5. The zero-order chi connectivity index (χ0) is 33.6. The van der Waals surface area contributed by atoms with Crippen LogP contribution >= 0.6 is 0 Å². The van der Waals surface area contributed by atoms with Crippen molar-refractivity contribution in [3.05, 3.63) is 119 Å². The predicted molar refractivity (Wildman–Crippen MR) is 194 cm³/mol. The molecule has 0 heterocycles. The molecule has 0 aliphatic rings. The number of hydrogen-bond donors (Lipinski definition) is 1. The van der Waals surface area contributed by atoms with Gasteiger partial charge in [-0.25, -0.2) is 0 Å². The number of carbonyl (C=O) groups excluding carboxylic acids is 1. The molecule has 0 saturated carbocycles. The van der Waals surface area contributed by atoms with E-state index in [0.29, 0.717) is 12.8 Å². The highest BCUT2D eigenvalue weighted by Gasteiger charge is 2.18. The number of allylic oxidation sites excluding steroid dienone is 20. The van der Waals surface area contributed by atoms with Crippen LogP contribution in [0.3, 0.4) is 0 Å². The van der Waals surface area contributed by atoms with E-state index in [-0.39, 0.29) is 11.4 Å². The predicted octanol–water partition coefficient (Wildman–Crippen LogP) is 11.4. The molecule has 3 heteroatoms. The average Bonchev–Trinajstić information content (AvgIpc) is 2.93. The van der Waals surface area contributed by atoms with Gasteiger partial charge < -0.3 is 9.84 Å². The zero-order valence-electron chi connectivity index (χ0n) is 29.8. The molecule has 0 rings (SSSR count). The SMILES string of the molecule is COC(C)(C)CCC(=O)C(C)=CC=CC(C)=CC=CC(C)=CC=CC=C(C)C=CC=C(C)CCC=C(C)CCCC(C)(C)O. The molecule has 0 unspecified atom stereocenters. The first-order valence-electron chi connectivity index (χ1n) is 16.1. The van der Waals surface area contributed by atoms with Gasteiger partial charge in [-0.05, 0) is 113 Å². The minimum atomic E-state index is -0.566. The van der Waals surface area contributed by atoms with Crippen LogP contribution in [0, 0.1) is 0 Å². The van der Waals surface area contributed by atoms with Crippen molar-refractivity contribution < 1.29 is 14.6 Å². The molecule has 0 aliphatic carbocycles. The van der Waals surface area contributed by atoms with Gasteiger partial charge in [-0.2, -0.15) is 0 Å². The first-order valence-corrected chi connectivity index (χ1v) is 16.1. The van der Waals surface area contributed by atoms with Crippen molar-refractivity contribution in [3.63, 3.8) is 0 Å². The molecule has 0 amide bonds. The Morgan fingerprint density at radius 1 is 0.636 bits per heavy atom. The summed E-state index contributed by atoms with van der Waals surface area (Å²) in [6, 6.07) is 0. The topological polar surface area (TPSA) is 46.5 Å². The van der Waals surface area contributed by atoms with Crippen molar-refractivity contribution in [2.75, 3.05) is 7.11 Å². The minimum Gasteiger partial charge on any atom is -0.390 e. The van der Waals surface area contributed by atoms with Gasteiger partial charge >= 0.3 is 0 Å². The summed E-state index contributed by atoms with van der Waals surface area (Å²) in [7, 11) is 1.68. The molecule has 244 valence electrons. The minimum absolute atomic E-state index is 0.157. The third-order valence-electron chi connectivity index (χ3n) is 7.33. The monoisotopic (exact) mass is 602 g/mol. The summed E-state index contributed by atoms with van der Waals surface area (Å²) in [4.78, 5) is 12.3. The molecule has 1 N–H and O–H groups in total. The number of Topliss-reactive ketones (excluding diaryl/α,β-unsaturated/α-hetero) is 1. The molecule has 0 bridgehead atoms. The molecule has 0 atom stereocenters. The largest absolute Gasteiger partial charge is 0.390 e. The molecule has 0 aromatic heterocycles. The molecule has 0 radical (unpaired) electrons. The summed E-state index contributed by atoms with van der Waals surface area (Å²) < 4.78 is 5.40. The van der Waals surface area contributed by atoms with Crippen LogP contribution in [0.5, 0.6) is 0 Å². The Hall–Kier alpha value is -3.01. The number of rotatable bonds is 20. The Kier molecular flexibility index (Phi) is 21.0. The summed E-state index contributed by atoms with van der Waals surface area (Å²) >= 11 is 0. The van der Waals surface area contributed by atoms with Gasteiger partial charge in [-0.1, -0.05) is 113 Å². The third-order valence-corrected chi connectivity index (χ3v) is 7.33. The second-order valence-electron chi connectivity index (χ2n) is 13.2. The zero-order valence-corrected chi connectivity index (χ0v) is 29.8. The fourth-order valence-corrected chi connectivity index (χ4v) is 3.98. The summed E-state index contributed by atoms with van der Waals surface area (Å²) in [6.07, 6.45) is 35.4. The molecule has 3 nitrogen and oxygen atoms in total. The Balaban J connectivity index is 4.68. The van der Waals surface area contributed by atoms with Gasteiger partial charge in [0.05, 0.1) is 11.2 Å². The van der Waals surface area contributed by atoms with Crippen molar-refractivity contribution in [1.29, 1.82) is 0 Å². The Labute approximate surface area is 271 Å². The van der Waals surface area contributed by atoms with Gasteiger partial charge in [0.25, 0.3) is 0 Å². The average molecular weight is 603 g/mol. The Bertz CT molecular complexity index is 1180. The van der Waals surface area contributed by atoms with Gasteiger partial charge in [-0.15, -0.1) is 0 Å². The number of carbonyl (C=O) groups is 1. The van der Waals surface area contributed by atoms with Crippen LogP contribution in [0.4, 0.5) is 0 Å². The van der Waals surface area contributed by atoms with Crippen molar-refractivity contribution in [2.24, 2.45) is 0 Å². The maximum absolute atomic E-state index is 12.3. The maximum Gasteiger partial charge on any atom is 0.158 e. The first kappa shape index (κ1) is 41.0. The highest BCUT2D eigenvalue weighted by molar-refractivity contribution is 5.95. The number of ether oxygens (including phenoxy) is 1. The molecule has 44 heavy (non-hydrogen) atoms. The lowest BCUT2D eigenvalue weighted by molar-refractivity contribution is -0.116. The Morgan fingerprint density at radius 3 is 1.66 bits per heavy atom. The van der Waals surface area contributed by atoms with Crippen LogP contribution in [0.2, 0.25) is 0 Å². The van der Waals surface area contributed by atoms with Gasteiger partial charge in [0.15, 0.2) is 5.78 Å². The van der Waals surface area contributed by atoms with Crippen LogP contribution in [0.25, 0.3) is 0 Å². The second-order valence-corrected chi connectivity index (χ2v) is 13.2. The number of aliphatic hydroxyl groups is 1. The van der Waals surface area contributed by atoms with Crippen molar-refractivity contribution in [1.82, 2.24) is 0 Å². The molecule has 0 saturated heterocycles. The van der Waals surface area contributed by atoms with Gasteiger partial charge in [0.1, 0.15) is 0 Å². The maximum atomic E-state index is 12.3. The van der Waals surface area contributed by atoms with Crippen LogP contribution in [0.15, 0.2) is 119 Å². The lowest BCUT2D eigenvalue weighted by atomic mass is 9.98. The van der Waals surface area contributed by atoms with Crippen LogP contribution in [-0.2, 0) is 9.53 Å². The van der Waals surface area contributed by atoms with E-state index >= 15 is 0 Å². The molecule has 0 fully saturated rings. The molecule has 0 aromatic rings. The van der Waals surface area contributed by atoms with Gasteiger partial charge in [0.2, 0.25) is 0 Å². The van der Waals surface area contributed by atoms with Crippen molar-refractivity contribution in [2.45, 2.75) is 125 Å². The highest BCUT2D eigenvalue weighted by Crippen LogP contribution is 2.18. The van der Waals surface area contributed by atoms with E-state index in [4.69, 9.17) is 4.74 Å². The van der Waals surface area contributed by atoms with Crippen molar-refractivity contribution >= 4 is 5.78 Å². The first-order chi connectivity index (χ1) is 20.5. The van der Waals surface area contributed by atoms with Crippen LogP contribution < -0.4 is 0 Å². The summed E-state index contributed by atoms with van der Waals surface area (Å²) in [6.45, 7) is 20.2. The number of methoxy groups -OCH3 is 1. The number of hydrogen-bond acceptors (Lipinski definition) is 3. The van der Waals surface area contributed by atoms with Gasteiger partial charge in [0, 0.05) is 13.5 Å². The van der Waals surface area contributed by atoms with E-state index in [1.165, 1.54) is 16.7 Å². The fourth-order valence-electron chi connectivity index (χ4n) is 3.98. The normalized spacial score (nSPS) is 15.6. The number of ketones is 1. The van der Waals surface area contributed by atoms with Crippen LogP contribution in [-0.4, -0.2) is 29.2 Å². The summed E-state index contributed by atoms with van der Waals surface area (Å²) in [5, 5.41) is 9.84. The van der Waals surface area contributed by atoms with E-state index in [2.05, 4.69) is 88.5 Å². The lowest BCUT2D eigenvalue weighted by Crippen LogP contribution is -2.23. The van der Waals surface area contributed by atoms with E-state index in [1.807, 2.05) is 65.8 Å². The van der Waals surface area contributed by atoms with Crippen LogP contribution in [0.1, 0.15) is 114 Å². The molecular formula is C41H62O3. The molecule has 0 aliphatic heterocycles. The smallest absolute Gasteiger partial charge is 0.158 e. The van der Waals surface area contributed by atoms with E-state index in [9.17, 15) is 9.90 Å². The molecule has 0 aromatic carbocycles. The lowest BCUT2D eigenvalue weighted by Gasteiger charge is -2.22. The second kappa shape index (κ2) is 22.5. The molecular weight excluding hydrogens is 540 g/mol. The van der Waals surface area contributed by atoms with E-state index in [0.717, 1.165) is 48.8 Å². The third kappa shape index (κ3) is 24.4. The molecule has 0 spiro atoms. The Morgan fingerprint density at radius 2 is 1.14 bits per heavy atom. The standard InChI is InChI=1S/C41H62O3/c1-33(21-14-23-35(3)24-16-26-37(5)28-18-31-40(7,8)43)19-12-13-20-34(2)22-15-25-36(4)27-17-29-38(6)39(42)30-32-41(9,10)44-11/h12-15,17,19-23,25-27,29,43H,16,18,24,28,30-32H2,1-11H3. The van der Waals surface area contributed by atoms with E-state index in [1.54, 1.807) is 7.11 Å². The fraction of sp³-hybridized carbons (Fsp3) is 0.488.